The molecule has 0 aliphatic carbocycles. The van der Waals surface area contributed by atoms with Crippen LogP contribution in [-0.4, -0.2) is 34.5 Å². The minimum atomic E-state index is -3.90. The Morgan fingerprint density at radius 1 is 1.08 bits per heavy atom. The van der Waals surface area contributed by atoms with Gasteiger partial charge in [0.15, 0.2) is 0 Å². The highest BCUT2D eigenvalue weighted by molar-refractivity contribution is 8.00. The third-order valence-electron chi connectivity index (χ3n) is 5.12. The molecule has 1 atom stereocenters. The molecule has 0 spiro atoms. The van der Waals surface area contributed by atoms with E-state index in [1.807, 2.05) is 6.07 Å². The van der Waals surface area contributed by atoms with Crippen LogP contribution in [-0.2, 0) is 21.2 Å². The van der Waals surface area contributed by atoms with Crippen molar-refractivity contribution >= 4 is 39.3 Å². The number of nitriles is 1. The quantitative estimate of drug-likeness (QED) is 0.366. The number of aryl methyl sites for hydroxylation is 3. The Balaban J connectivity index is 1.66. The highest BCUT2D eigenvalue weighted by atomic mass is 32.2. The SMILES string of the molecule is CCCCc1ccc(C#N)c(SC(C)C(=O)Nc2ccc(S(=O)(=O)Nc3nc(C)cc(C)n3)cc2)n1. The van der Waals surface area contributed by atoms with Crippen LogP contribution in [0.4, 0.5) is 11.6 Å². The van der Waals surface area contributed by atoms with Crippen LogP contribution in [0.15, 0.2) is 52.4 Å². The normalized spacial score (nSPS) is 12.0. The predicted molar refractivity (Wildman–Crippen MR) is 140 cm³/mol. The summed E-state index contributed by atoms with van der Waals surface area (Å²) in [6.07, 6.45) is 2.85. The van der Waals surface area contributed by atoms with Gasteiger partial charge in [-0.25, -0.2) is 28.1 Å². The average molecular weight is 525 g/mol. The molecule has 0 aliphatic heterocycles. The minimum absolute atomic E-state index is 0.000148. The number of aromatic nitrogens is 3. The zero-order chi connectivity index (χ0) is 26.3. The topological polar surface area (TPSA) is 138 Å². The number of nitrogens with zero attached hydrogens (tertiary/aromatic N) is 4. The van der Waals surface area contributed by atoms with E-state index >= 15 is 0 Å². The van der Waals surface area contributed by atoms with Gasteiger partial charge in [-0.3, -0.25) is 4.79 Å². The van der Waals surface area contributed by atoms with Gasteiger partial charge in [0.05, 0.1) is 15.7 Å². The van der Waals surface area contributed by atoms with Gasteiger partial charge < -0.3 is 5.32 Å². The fraction of sp³-hybridized carbons (Fsp3) is 0.320. The third kappa shape index (κ3) is 7.26. The van der Waals surface area contributed by atoms with Crippen molar-refractivity contribution in [3.63, 3.8) is 0 Å². The van der Waals surface area contributed by atoms with E-state index in [0.717, 1.165) is 25.0 Å². The number of hydrogen-bond donors (Lipinski definition) is 2. The summed E-state index contributed by atoms with van der Waals surface area (Å²) in [5.41, 5.74) is 3.06. The number of benzene rings is 1. The molecule has 0 fully saturated rings. The summed E-state index contributed by atoms with van der Waals surface area (Å²) >= 11 is 1.22. The Bertz CT molecular complexity index is 1370. The fourth-order valence-electron chi connectivity index (χ4n) is 3.28. The van der Waals surface area contributed by atoms with Crippen LogP contribution in [0.5, 0.6) is 0 Å². The lowest BCUT2D eigenvalue weighted by Gasteiger charge is -2.14. The Kier molecular flexibility index (Phi) is 9.01. The number of anilines is 2. The first-order chi connectivity index (χ1) is 17.1. The Hall–Kier alpha value is -3.49. The summed E-state index contributed by atoms with van der Waals surface area (Å²) in [6, 6.07) is 13.3. The molecule has 0 bridgehead atoms. The molecule has 0 saturated carbocycles. The molecule has 188 valence electrons. The molecule has 3 aromatic rings. The van der Waals surface area contributed by atoms with E-state index in [2.05, 4.69) is 38.0 Å². The lowest BCUT2D eigenvalue weighted by Crippen LogP contribution is -2.23. The van der Waals surface area contributed by atoms with E-state index in [4.69, 9.17) is 0 Å². The van der Waals surface area contributed by atoms with Gasteiger partial charge in [-0.2, -0.15) is 5.26 Å². The van der Waals surface area contributed by atoms with Crippen LogP contribution in [0.3, 0.4) is 0 Å². The monoisotopic (exact) mass is 524 g/mol. The Morgan fingerprint density at radius 3 is 2.36 bits per heavy atom. The minimum Gasteiger partial charge on any atom is -0.325 e. The van der Waals surface area contributed by atoms with Gasteiger partial charge in [-0.1, -0.05) is 25.1 Å². The van der Waals surface area contributed by atoms with Crippen molar-refractivity contribution < 1.29 is 13.2 Å². The number of sulfonamides is 1. The summed E-state index contributed by atoms with van der Waals surface area (Å²) in [5, 5.41) is 12.2. The third-order valence-corrected chi connectivity index (χ3v) is 7.57. The number of carbonyl (C=O) groups is 1. The number of rotatable bonds is 10. The maximum atomic E-state index is 12.8. The maximum Gasteiger partial charge on any atom is 0.264 e. The van der Waals surface area contributed by atoms with Crippen LogP contribution in [0.2, 0.25) is 0 Å². The molecule has 2 N–H and O–H groups in total. The molecule has 36 heavy (non-hydrogen) atoms. The van der Waals surface area contributed by atoms with Gasteiger partial charge in [0.1, 0.15) is 11.1 Å². The van der Waals surface area contributed by atoms with Crippen LogP contribution in [0.1, 0.15) is 49.3 Å². The lowest BCUT2D eigenvalue weighted by atomic mass is 10.2. The Morgan fingerprint density at radius 2 is 1.75 bits per heavy atom. The van der Waals surface area contributed by atoms with E-state index in [1.165, 1.54) is 36.0 Å². The maximum absolute atomic E-state index is 12.8. The molecule has 0 saturated heterocycles. The molecule has 2 aromatic heterocycles. The van der Waals surface area contributed by atoms with Crippen molar-refractivity contribution in [2.75, 3.05) is 10.0 Å². The van der Waals surface area contributed by atoms with Gasteiger partial charge in [-0.15, -0.1) is 0 Å². The summed E-state index contributed by atoms with van der Waals surface area (Å²) in [6.45, 7) is 7.34. The van der Waals surface area contributed by atoms with Crippen molar-refractivity contribution in [2.24, 2.45) is 0 Å². The molecule has 9 nitrogen and oxygen atoms in total. The standard InChI is InChI=1S/C25H28N6O3S2/c1-5-6-7-20-9-8-19(15-26)24(30-20)35-18(4)23(32)29-21-10-12-22(13-11-21)36(33,34)31-25-27-16(2)14-17(3)28-25/h8-14,18H,5-7H2,1-4H3,(H,29,32)(H,27,28,31). The van der Waals surface area contributed by atoms with Crippen molar-refractivity contribution in [1.82, 2.24) is 15.0 Å². The number of thioether (sulfide) groups is 1. The van der Waals surface area contributed by atoms with Crippen molar-refractivity contribution in [3.05, 3.63) is 65.1 Å². The number of pyridine rings is 1. The van der Waals surface area contributed by atoms with Crippen LogP contribution >= 0.6 is 11.8 Å². The molecular formula is C25H28N6O3S2. The number of unbranched alkanes of at least 4 members (excludes halogenated alkanes) is 1. The van der Waals surface area contributed by atoms with E-state index in [9.17, 15) is 18.5 Å². The number of amides is 1. The smallest absolute Gasteiger partial charge is 0.264 e. The average Bonchev–Trinajstić information content (AvgIpc) is 2.82. The summed E-state index contributed by atoms with van der Waals surface area (Å²) < 4.78 is 27.8. The lowest BCUT2D eigenvalue weighted by molar-refractivity contribution is -0.115. The predicted octanol–water partition coefficient (Wildman–Crippen LogP) is 4.62. The van der Waals surface area contributed by atoms with Gasteiger partial charge >= 0.3 is 0 Å². The molecule has 0 radical (unpaired) electrons. The summed E-state index contributed by atoms with van der Waals surface area (Å²) in [5.74, 6) is -0.290. The second kappa shape index (κ2) is 12.0. The first-order valence-electron chi connectivity index (χ1n) is 11.4. The Labute approximate surface area is 215 Å². The van der Waals surface area contributed by atoms with E-state index in [1.54, 1.807) is 32.9 Å². The fourth-order valence-corrected chi connectivity index (χ4v) is 5.14. The summed E-state index contributed by atoms with van der Waals surface area (Å²) in [4.78, 5) is 25.6. The van der Waals surface area contributed by atoms with E-state index in [-0.39, 0.29) is 16.8 Å². The van der Waals surface area contributed by atoms with Crippen LogP contribution in [0.25, 0.3) is 0 Å². The highest BCUT2D eigenvalue weighted by Gasteiger charge is 2.20. The highest BCUT2D eigenvalue weighted by Crippen LogP contribution is 2.27. The zero-order valence-corrected chi connectivity index (χ0v) is 22.2. The first-order valence-corrected chi connectivity index (χ1v) is 13.8. The second-order valence-electron chi connectivity index (χ2n) is 8.22. The molecular weight excluding hydrogens is 496 g/mol. The zero-order valence-electron chi connectivity index (χ0n) is 20.6. The molecule has 1 unspecified atom stereocenters. The van der Waals surface area contributed by atoms with Crippen molar-refractivity contribution in [1.29, 1.82) is 5.26 Å². The molecule has 3 rings (SSSR count). The number of carbonyl (C=O) groups excluding carboxylic acids is 1. The van der Waals surface area contributed by atoms with E-state index in [0.29, 0.717) is 27.7 Å². The van der Waals surface area contributed by atoms with E-state index < -0.39 is 15.3 Å². The van der Waals surface area contributed by atoms with Crippen molar-refractivity contribution in [2.45, 2.75) is 62.1 Å². The molecule has 0 aliphatic rings. The van der Waals surface area contributed by atoms with Gasteiger partial charge in [0.2, 0.25) is 11.9 Å². The first kappa shape index (κ1) is 27.1. The van der Waals surface area contributed by atoms with Crippen molar-refractivity contribution in [3.8, 4) is 6.07 Å². The van der Waals surface area contributed by atoms with Gasteiger partial charge in [-0.05, 0) is 76.1 Å². The molecule has 2 heterocycles. The molecule has 1 amide bonds. The van der Waals surface area contributed by atoms with Gasteiger partial charge in [0.25, 0.3) is 10.0 Å². The van der Waals surface area contributed by atoms with Gasteiger partial charge in [0, 0.05) is 22.8 Å². The van der Waals surface area contributed by atoms with Crippen LogP contribution in [0, 0.1) is 25.2 Å². The largest absolute Gasteiger partial charge is 0.325 e. The number of hydrogen-bond acceptors (Lipinski definition) is 8. The molecule has 11 heteroatoms. The van der Waals surface area contributed by atoms with Crippen LogP contribution < -0.4 is 10.0 Å². The summed E-state index contributed by atoms with van der Waals surface area (Å²) in [7, 11) is -3.90. The molecule has 1 aromatic carbocycles. The second-order valence-corrected chi connectivity index (χ2v) is 11.2. The number of nitrogens with one attached hydrogen (secondary N) is 2.